The maximum Gasteiger partial charge on any atom is 0.288 e. The Labute approximate surface area is 95.7 Å². The minimum Gasteiger partial charge on any atom is -0.460 e. The van der Waals surface area contributed by atoms with Crippen LogP contribution in [0.4, 0.5) is 0 Å². The third-order valence-electron chi connectivity index (χ3n) is 3.26. The molecule has 1 saturated heterocycles. The smallest absolute Gasteiger partial charge is 0.288 e. The quantitative estimate of drug-likeness (QED) is 0.719. The van der Waals surface area contributed by atoms with E-state index in [1.165, 1.54) is 5.56 Å². The molecule has 2 aliphatic rings. The van der Waals surface area contributed by atoms with Crippen molar-refractivity contribution in [1.29, 1.82) is 0 Å². The van der Waals surface area contributed by atoms with Gasteiger partial charge in [-0.2, -0.15) is 0 Å². The fraction of sp³-hybridized carbons (Fsp3) is 0.462. The third-order valence-corrected chi connectivity index (χ3v) is 3.26. The van der Waals surface area contributed by atoms with E-state index in [9.17, 15) is 0 Å². The summed E-state index contributed by atoms with van der Waals surface area (Å²) in [7, 11) is 0. The minimum absolute atomic E-state index is 0.194. The monoisotopic (exact) mass is 216 g/mol. The van der Waals surface area contributed by atoms with E-state index >= 15 is 0 Å². The zero-order chi connectivity index (χ0) is 11.0. The normalized spacial score (nSPS) is 28.3. The van der Waals surface area contributed by atoms with Gasteiger partial charge in [0.2, 0.25) is 0 Å². The van der Waals surface area contributed by atoms with E-state index in [0.29, 0.717) is 6.04 Å². The van der Waals surface area contributed by atoms with Crippen LogP contribution in [0.2, 0.25) is 0 Å². The first-order chi connectivity index (χ1) is 7.86. The number of nitrogens with zero attached hydrogens (tertiary/aromatic N) is 2. The van der Waals surface area contributed by atoms with E-state index in [4.69, 9.17) is 4.74 Å². The van der Waals surface area contributed by atoms with Crippen LogP contribution in [0.3, 0.4) is 0 Å². The van der Waals surface area contributed by atoms with Gasteiger partial charge < -0.3 is 9.64 Å². The number of ether oxygens (including phenoxy) is 1. The van der Waals surface area contributed by atoms with Crippen LogP contribution in [0.15, 0.2) is 35.3 Å². The largest absolute Gasteiger partial charge is 0.460 e. The summed E-state index contributed by atoms with van der Waals surface area (Å²) >= 11 is 0. The lowest BCUT2D eigenvalue weighted by Crippen LogP contribution is -2.33. The van der Waals surface area contributed by atoms with Gasteiger partial charge >= 0.3 is 0 Å². The van der Waals surface area contributed by atoms with Gasteiger partial charge in [0.15, 0.2) is 0 Å². The Morgan fingerprint density at radius 1 is 1.31 bits per heavy atom. The van der Waals surface area contributed by atoms with Gasteiger partial charge in [0.1, 0.15) is 6.10 Å². The standard InChI is InChI=1S/C13H16N2O/c1-10-12(11-6-3-2-4-7-11)15-9-5-8-14-13(15)16-10/h2-4,6-7,10,12H,5,8-9H2,1H3/t10-,12+/m1/s1. The zero-order valence-electron chi connectivity index (χ0n) is 9.47. The van der Waals surface area contributed by atoms with E-state index < -0.39 is 0 Å². The Bertz CT molecular complexity index is 402. The molecule has 0 spiro atoms. The molecule has 3 rings (SSSR count). The van der Waals surface area contributed by atoms with Crippen molar-refractivity contribution in [3.8, 4) is 0 Å². The van der Waals surface area contributed by atoms with Gasteiger partial charge in [0.05, 0.1) is 6.04 Å². The third kappa shape index (κ3) is 1.47. The molecule has 0 unspecified atom stereocenters. The molecule has 1 aromatic rings. The van der Waals surface area contributed by atoms with Crippen molar-refractivity contribution in [2.45, 2.75) is 25.5 Å². The molecular formula is C13H16N2O. The van der Waals surface area contributed by atoms with Crippen LogP contribution in [-0.4, -0.2) is 30.1 Å². The van der Waals surface area contributed by atoms with Crippen LogP contribution in [0.5, 0.6) is 0 Å². The van der Waals surface area contributed by atoms with Crippen molar-refractivity contribution in [1.82, 2.24) is 4.90 Å². The molecule has 0 aliphatic carbocycles. The molecule has 3 heteroatoms. The molecule has 0 N–H and O–H groups in total. The molecule has 84 valence electrons. The van der Waals surface area contributed by atoms with E-state index in [-0.39, 0.29) is 6.10 Å². The molecule has 2 aliphatic heterocycles. The molecule has 3 nitrogen and oxygen atoms in total. The van der Waals surface area contributed by atoms with E-state index in [2.05, 4.69) is 47.1 Å². The van der Waals surface area contributed by atoms with Crippen molar-refractivity contribution in [3.05, 3.63) is 35.9 Å². The molecule has 16 heavy (non-hydrogen) atoms. The van der Waals surface area contributed by atoms with Crippen molar-refractivity contribution in [3.63, 3.8) is 0 Å². The van der Waals surface area contributed by atoms with Crippen LogP contribution < -0.4 is 0 Å². The molecule has 0 amide bonds. The number of rotatable bonds is 1. The Morgan fingerprint density at radius 2 is 2.12 bits per heavy atom. The highest BCUT2D eigenvalue weighted by Crippen LogP contribution is 2.34. The van der Waals surface area contributed by atoms with E-state index in [1.54, 1.807) is 0 Å². The second-order valence-corrected chi connectivity index (χ2v) is 4.39. The van der Waals surface area contributed by atoms with Gasteiger partial charge in [-0.3, -0.25) is 0 Å². The van der Waals surface area contributed by atoms with E-state index in [1.807, 2.05) is 0 Å². The van der Waals surface area contributed by atoms with Crippen molar-refractivity contribution in [2.75, 3.05) is 13.1 Å². The first-order valence-corrected chi connectivity index (χ1v) is 5.89. The van der Waals surface area contributed by atoms with Gasteiger partial charge in [-0.15, -0.1) is 0 Å². The summed E-state index contributed by atoms with van der Waals surface area (Å²) in [5.41, 5.74) is 1.32. The molecule has 0 bridgehead atoms. The van der Waals surface area contributed by atoms with Crippen LogP contribution in [0.25, 0.3) is 0 Å². The maximum absolute atomic E-state index is 5.81. The summed E-state index contributed by atoms with van der Waals surface area (Å²) < 4.78 is 5.81. The van der Waals surface area contributed by atoms with Crippen molar-refractivity contribution >= 4 is 6.02 Å². The Hall–Kier alpha value is -1.51. The first kappa shape index (κ1) is 9.70. The number of aliphatic imine (C=N–C) groups is 1. The number of fused-ring (bicyclic) bond motifs is 1. The molecule has 1 aromatic carbocycles. The number of hydrogen-bond acceptors (Lipinski definition) is 3. The van der Waals surface area contributed by atoms with Crippen LogP contribution in [0.1, 0.15) is 24.9 Å². The Kier molecular flexibility index (Phi) is 2.31. The second kappa shape index (κ2) is 3.81. The number of amidine groups is 1. The Balaban J connectivity index is 1.95. The minimum atomic E-state index is 0.194. The predicted molar refractivity (Wildman–Crippen MR) is 63.4 cm³/mol. The first-order valence-electron chi connectivity index (χ1n) is 5.89. The molecule has 0 radical (unpaired) electrons. The van der Waals surface area contributed by atoms with E-state index in [0.717, 1.165) is 25.5 Å². The van der Waals surface area contributed by atoms with Crippen LogP contribution in [-0.2, 0) is 4.74 Å². The average molecular weight is 216 g/mol. The maximum atomic E-state index is 5.81. The lowest BCUT2D eigenvalue weighted by atomic mass is 10.0. The highest BCUT2D eigenvalue weighted by molar-refractivity contribution is 5.77. The second-order valence-electron chi connectivity index (χ2n) is 4.39. The summed E-state index contributed by atoms with van der Waals surface area (Å²) in [6, 6.07) is 11.7. The van der Waals surface area contributed by atoms with Gasteiger partial charge in [0, 0.05) is 13.1 Å². The summed E-state index contributed by atoms with van der Waals surface area (Å²) in [5, 5.41) is 0. The number of benzene rings is 1. The summed E-state index contributed by atoms with van der Waals surface area (Å²) in [4.78, 5) is 6.73. The highest BCUT2D eigenvalue weighted by Gasteiger charge is 2.39. The Morgan fingerprint density at radius 3 is 2.94 bits per heavy atom. The zero-order valence-corrected chi connectivity index (χ0v) is 9.47. The van der Waals surface area contributed by atoms with Gasteiger partial charge in [0.25, 0.3) is 6.02 Å². The molecule has 1 fully saturated rings. The average Bonchev–Trinajstić information content (AvgIpc) is 2.66. The molecule has 0 aromatic heterocycles. The van der Waals surface area contributed by atoms with Crippen molar-refractivity contribution < 1.29 is 4.74 Å². The van der Waals surface area contributed by atoms with Gasteiger partial charge in [-0.05, 0) is 18.9 Å². The summed E-state index contributed by atoms with van der Waals surface area (Å²) in [6.07, 6.45) is 1.32. The lowest BCUT2D eigenvalue weighted by molar-refractivity contribution is 0.209. The van der Waals surface area contributed by atoms with Crippen molar-refractivity contribution in [2.24, 2.45) is 4.99 Å². The van der Waals surface area contributed by atoms with Crippen LogP contribution >= 0.6 is 0 Å². The fourth-order valence-electron chi connectivity index (χ4n) is 2.55. The lowest BCUT2D eigenvalue weighted by Gasteiger charge is -2.27. The SMILES string of the molecule is C[C@H]1OC2=NCCCN2[C@@H]1c1ccccc1. The summed E-state index contributed by atoms with van der Waals surface area (Å²) in [5.74, 6) is 0. The molecular weight excluding hydrogens is 200 g/mol. The molecule has 2 atom stereocenters. The highest BCUT2D eigenvalue weighted by atomic mass is 16.5. The molecule has 0 saturated carbocycles. The molecule has 2 heterocycles. The van der Waals surface area contributed by atoms with Crippen LogP contribution in [0, 0.1) is 0 Å². The van der Waals surface area contributed by atoms with Gasteiger partial charge in [-0.1, -0.05) is 30.3 Å². The topological polar surface area (TPSA) is 24.8 Å². The summed E-state index contributed by atoms with van der Waals surface area (Å²) in [6.45, 7) is 4.08. The number of hydrogen-bond donors (Lipinski definition) is 0. The predicted octanol–water partition coefficient (Wildman–Crippen LogP) is 2.21. The fourth-order valence-corrected chi connectivity index (χ4v) is 2.55. The van der Waals surface area contributed by atoms with Gasteiger partial charge in [-0.25, -0.2) is 4.99 Å².